The van der Waals surface area contributed by atoms with E-state index in [1.54, 1.807) is 0 Å². The lowest BCUT2D eigenvalue weighted by molar-refractivity contribution is 0.474. The molecule has 27 heavy (non-hydrogen) atoms. The highest BCUT2D eigenvalue weighted by Crippen LogP contribution is 2.44. The molecule has 0 spiro atoms. The van der Waals surface area contributed by atoms with Crippen LogP contribution in [0.15, 0.2) is 87.8 Å². The van der Waals surface area contributed by atoms with Crippen LogP contribution in [-0.2, 0) is 0 Å². The summed E-state index contributed by atoms with van der Waals surface area (Å²) in [6.07, 6.45) is 0. The number of oxazole rings is 1. The van der Waals surface area contributed by atoms with Crippen molar-refractivity contribution in [1.29, 1.82) is 0 Å². The second-order valence-electron chi connectivity index (χ2n) is 6.34. The van der Waals surface area contributed by atoms with Gasteiger partial charge in [0.1, 0.15) is 11.3 Å². The molecule has 5 aromatic rings. The van der Waals surface area contributed by atoms with Gasteiger partial charge in [-0.1, -0.05) is 54.6 Å². The third-order valence-corrected chi connectivity index (χ3v) is 5.28. The molecule has 4 aromatic carbocycles. The number of hydrogen-bond donors (Lipinski definition) is 1. The number of nitrogens with zero attached hydrogens (tertiary/aromatic N) is 1. The van der Waals surface area contributed by atoms with Crippen LogP contribution in [0.25, 0.3) is 44.5 Å². The van der Waals surface area contributed by atoms with Crippen molar-refractivity contribution in [2.45, 2.75) is 0 Å². The monoisotopic (exact) mass is 415 g/mol. The van der Waals surface area contributed by atoms with Gasteiger partial charge in [0.2, 0.25) is 5.89 Å². The van der Waals surface area contributed by atoms with Crippen LogP contribution in [0, 0.1) is 0 Å². The topological polar surface area (TPSA) is 46.3 Å². The smallest absolute Gasteiger partial charge is 0.227 e. The summed E-state index contributed by atoms with van der Waals surface area (Å²) in [6, 6.07) is 25.5. The second-order valence-corrected chi connectivity index (χ2v) is 7.20. The van der Waals surface area contributed by atoms with Gasteiger partial charge in [-0.05, 0) is 51.0 Å². The van der Waals surface area contributed by atoms with Gasteiger partial charge in [0, 0.05) is 16.7 Å². The maximum absolute atomic E-state index is 10.8. The number of phenolic OH excluding ortho intramolecular Hbond substituents is 1. The standard InChI is InChI=1S/C23H14BrNO2/c24-18-13-15-9-4-5-10-16(15)20(21(18)26)17-11-6-12-19-22(17)27-23(25-19)14-7-2-1-3-8-14/h1-13,26H. The fourth-order valence-corrected chi connectivity index (χ4v) is 3.87. The highest BCUT2D eigenvalue weighted by molar-refractivity contribution is 9.10. The normalized spacial score (nSPS) is 11.3. The number of halogens is 1. The van der Waals surface area contributed by atoms with Crippen molar-refractivity contribution >= 4 is 37.8 Å². The number of benzene rings is 4. The molecule has 0 radical (unpaired) electrons. The van der Waals surface area contributed by atoms with E-state index >= 15 is 0 Å². The van der Waals surface area contributed by atoms with Gasteiger partial charge in [0.15, 0.2) is 5.58 Å². The Balaban J connectivity index is 1.83. The highest BCUT2D eigenvalue weighted by Gasteiger charge is 2.19. The lowest BCUT2D eigenvalue weighted by Gasteiger charge is -2.11. The van der Waals surface area contributed by atoms with Crippen molar-refractivity contribution in [2.75, 3.05) is 0 Å². The van der Waals surface area contributed by atoms with Crippen LogP contribution in [0.4, 0.5) is 0 Å². The second kappa shape index (κ2) is 6.25. The van der Waals surface area contributed by atoms with Crippen LogP contribution in [0.5, 0.6) is 5.75 Å². The summed E-state index contributed by atoms with van der Waals surface area (Å²) >= 11 is 3.47. The average molecular weight is 416 g/mol. The zero-order valence-corrected chi connectivity index (χ0v) is 15.8. The van der Waals surface area contributed by atoms with Crippen molar-refractivity contribution < 1.29 is 9.52 Å². The largest absolute Gasteiger partial charge is 0.506 e. The molecule has 0 saturated heterocycles. The molecule has 0 fully saturated rings. The van der Waals surface area contributed by atoms with Crippen LogP contribution >= 0.6 is 15.9 Å². The number of hydrogen-bond acceptors (Lipinski definition) is 3. The first kappa shape index (κ1) is 16.1. The molecule has 5 rings (SSSR count). The number of aromatic nitrogens is 1. The molecule has 3 nitrogen and oxygen atoms in total. The van der Waals surface area contributed by atoms with Crippen LogP contribution in [0.2, 0.25) is 0 Å². The molecule has 0 aliphatic carbocycles. The van der Waals surface area contributed by atoms with E-state index in [9.17, 15) is 5.11 Å². The van der Waals surface area contributed by atoms with E-state index in [4.69, 9.17) is 4.42 Å². The zero-order valence-electron chi connectivity index (χ0n) is 14.2. The van der Waals surface area contributed by atoms with Gasteiger partial charge >= 0.3 is 0 Å². The van der Waals surface area contributed by atoms with Crippen molar-refractivity contribution in [1.82, 2.24) is 4.98 Å². The summed E-state index contributed by atoms with van der Waals surface area (Å²) in [5, 5.41) is 12.8. The molecular formula is C23H14BrNO2. The molecule has 1 heterocycles. The number of aromatic hydroxyl groups is 1. The summed E-state index contributed by atoms with van der Waals surface area (Å²) in [5.41, 5.74) is 3.89. The Labute approximate surface area is 164 Å². The summed E-state index contributed by atoms with van der Waals surface area (Å²) in [4.78, 5) is 4.64. The van der Waals surface area contributed by atoms with Crippen LogP contribution < -0.4 is 0 Å². The highest BCUT2D eigenvalue weighted by atomic mass is 79.9. The summed E-state index contributed by atoms with van der Waals surface area (Å²) in [5.74, 6) is 0.760. The first-order chi connectivity index (χ1) is 13.2. The molecule has 1 N–H and O–H groups in total. The molecule has 0 amide bonds. The summed E-state index contributed by atoms with van der Waals surface area (Å²) in [7, 11) is 0. The van der Waals surface area contributed by atoms with Gasteiger partial charge in [-0.15, -0.1) is 0 Å². The van der Waals surface area contributed by atoms with Crippen molar-refractivity contribution in [3.05, 3.63) is 83.3 Å². The first-order valence-electron chi connectivity index (χ1n) is 8.58. The molecule has 0 aliphatic heterocycles. The number of para-hydroxylation sites is 1. The maximum atomic E-state index is 10.8. The zero-order chi connectivity index (χ0) is 18.4. The third kappa shape index (κ3) is 2.61. The Bertz CT molecular complexity index is 1290. The van der Waals surface area contributed by atoms with Crippen LogP contribution in [-0.4, -0.2) is 10.1 Å². The Morgan fingerprint density at radius 2 is 1.63 bits per heavy atom. The Kier molecular flexibility index (Phi) is 3.73. The first-order valence-corrected chi connectivity index (χ1v) is 9.37. The SMILES string of the molecule is Oc1c(Br)cc2ccccc2c1-c1cccc2nc(-c3ccccc3)oc12. The van der Waals surface area contributed by atoms with E-state index in [2.05, 4.69) is 20.9 Å². The third-order valence-electron chi connectivity index (χ3n) is 4.68. The van der Waals surface area contributed by atoms with Crippen LogP contribution in [0.3, 0.4) is 0 Å². The van der Waals surface area contributed by atoms with Gasteiger partial charge in [-0.25, -0.2) is 4.98 Å². The van der Waals surface area contributed by atoms with Gasteiger partial charge in [0.05, 0.1) is 4.47 Å². The molecule has 1 aromatic heterocycles. The van der Waals surface area contributed by atoms with Gasteiger partial charge in [0.25, 0.3) is 0 Å². The molecule has 4 heteroatoms. The Morgan fingerprint density at radius 1 is 0.852 bits per heavy atom. The minimum atomic E-state index is 0.193. The van der Waals surface area contributed by atoms with Crippen molar-refractivity contribution in [3.8, 4) is 28.3 Å². The predicted octanol–water partition coefficient (Wildman–Crippen LogP) is 6.78. The quantitative estimate of drug-likeness (QED) is 0.345. The van der Waals surface area contributed by atoms with E-state index in [-0.39, 0.29) is 5.75 Å². The van der Waals surface area contributed by atoms with Crippen molar-refractivity contribution in [3.63, 3.8) is 0 Å². The molecular weight excluding hydrogens is 402 g/mol. The average Bonchev–Trinajstić information content (AvgIpc) is 3.14. The van der Waals surface area contributed by atoms with Crippen LogP contribution in [0.1, 0.15) is 0 Å². The maximum Gasteiger partial charge on any atom is 0.227 e. The molecule has 0 saturated carbocycles. The van der Waals surface area contributed by atoms with Gasteiger partial charge in [-0.3, -0.25) is 0 Å². The molecule has 0 unspecified atom stereocenters. The minimum Gasteiger partial charge on any atom is -0.506 e. The lowest BCUT2D eigenvalue weighted by atomic mass is 9.96. The lowest BCUT2D eigenvalue weighted by Crippen LogP contribution is -1.85. The molecule has 0 aliphatic rings. The minimum absolute atomic E-state index is 0.193. The molecule has 130 valence electrons. The van der Waals surface area contributed by atoms with Crippen molar-refractivity contribution in [2.24, 2.45) is 0 Å². The molecule has 0 atom stereocenters. The van der Waals surface area contributed by atoms with E-state index in [0.717, 1.165) is 33.0 Å². The number of fused-ring (bicyclic) bond motifs is 2. The predicted molar refractivity (Wildman–Crippen MR) is 112 cm³/mol. The Hall–Kier alpha value is -3.11. The van der Waals surface area contributed by atoms with E-state index in [1.807, 2.05) is 78.9 Å². The fraction of sp³-hybridized carbons (Fsp3) is 0. The van der Waals surface area contributed by atoms with Gasteiger partial charge in [-0.2, -0.15) is 0 Å². The fourth-order valence-electron chi connectivity index (χ4n) is 3.43. The number of rotatable bonds is 2. The number of phenols is 1. The summed E-state index contributed by atoms with van der Waals surface area (Å²) in [6.45, 7) is 0. The van der Waals surface area contributed by atoms with E-state index < -0.39 is 0 Å². The summed E-state index contributed by atoms with van der Waals surface area (Å²) < 4.78 is 6.79. The van der Waals surface area contributed by atoms with Gasteiger partial charge < -0.3 is 9.52 Å². The Morgan fingerprint density at radius 3 is 2.48 bits per heavy atom. The molecule has 0 bridgehead atoms. The van der Waals surface area contributed by atoms with E-state index in [1.165, 1.54) is 0 Å². The van der Waals surface area contributed by atoms with E-state index in [0.29, 0.717) is 15.9 Å².